The summed E-state index contributed by atoms with van der Waals surface area (Å²) >= 11 is 10.9. The number of aliphatic hydroxyl groups excluding tert-OH is 3. The minimum absolute atomic E-state index is 0.0534. The van der Waals surface area contributed by atoms with Gasteiger partial charge in [0.1, 0.15) is 106 Å². The maximum absolute atomic E-state index is 12.7. The first-order chi connectivity index (χ1) is 60.1. The number of likely N-dealkylation sites (N-methyl/N-ethyl adjacent to an activating group) is 1. The van der Waals surface area contributed by atoms with Gasteiger partial charge in [-0.25, -0.2) is 59.8 Å². The summed E-state index contributed by atoms with van der Waals surface area (Å²) in [5, 5.41) is 41.5. The van der Waals surface area contributed by atoms with Gasteiger partial charge >= 0.3 is 0 Å². The van der Waals surface area contributed by atoms with E-state index >= 15 is 0 Å². The van der Waals surface area contributed by atoms with Gasteiger partial charge in [-0.1, -0.05) is 19.1 Å². The van der Waals surface area contributed by atoms with Crippen LogP contribution in [-0.4, -0.2) is 204 Å². The number of carbonyl (C=O) groups is 1. The van der Waals surface area contributed by atoms with Crippen LogP contribution in [-0.2, 0) is 81.8 Å². The molecule has 25 nitrogen and oxygen atoms in total. The van der Waals surface area contributed by atoms with Crippen LogP contribution in [0.25, 0.3) is 61.3 Å². The van der Waals surface area contributed by atoms with Gasteiger partial charge in [0.15, 0.2) is 0 Å². The van der Waals surface area contributed by atoms with E-state index in [1.54, 1.807) is 86.8 Å². The van der Waals surface area contributed by atoms with Crippen molar-refractivity contribution in [3.05, 3.63) is 129 Å². The van der Waals surface area contributed by atoms with Crippen LogP contribution in [0.2, 0.25) is 0 Å². The molecule has 3 unspecified atom stereocenters. The Labute approximate surface area is 743 Å². The number of carbonyl (C=O) groups excluding carboxylic acids is 1. The average Bonchev–Trinajstić information content (AvgIpc) is 1.34. The van der Waals surface area contributed by atoms with E-state index in [1.165, 1.54) is 224 Å². The Bertz CT molecular complexity index is 5900. The van der Waals surface area contributed by atoms with Gasteiger partial charge < -0.3 is 59.9 Å². The number of benzene rings is 1. The number of nitrogens with zero attached hydrogens (tertiary/aromatic N) is 17. The first-order valence-corrected chi connectivity index (χ1v) is 49.5. The van der Waals surface area contributed by atoms with Crippen molar-refractivity contribution in [1.29, 1.82) is 0 Å². The van der Waals surface area contributed by atoms with Gasteiger partial charge in [-0.2, -0.15) is 0 Å². The molecule has 650 valence electrons. The van der Waals surface area contributed by atoms with E-state index in [4.69, 9.17) is 24.4 Å². The SMILES string of the molecule is CCC(CO)Nc1nc(C)nc2sc3c(c12)CCC3.COc1ccccc1C(=O)Nc1ncnc2sc3c(c12)CCCC3.Cc1nc(N2CC(C)OC(C)C2)c2c3c(sc2n1)CCC3.Cc1nc(N2CCCN(C)CC2)c2c3c(sc2n1)CCC3.OCCN(CCO)c1ncnc2sc3c(c12)CCCC3.c1nc(N2CCCCC2)c2c3c(sc2n1)CCC3. The third-order valence-electron chi connectivity index (χ3n) is 25.0. The summed E-state index contributed by atoms with van der Waals surface area (Å²) in [5.41, 5.74) is 9.21. The van der Waals surface area contributed by atoms with Gasteiger partial charge in [-0.05, 0) is 254 Å². The zero-order valence-corrected chi connectivity index (χ0v) is 77.2. The van der Waals surface area contributed by atoms with Crippen molar-refractivity contribution in [3.63, 3.8) is 0 Å². The largest absolute Gasteiger partial charge is 0.496 e. The highest BCUT2D eigenvalue weighted by atomic mass is 32.1. The lowest BCUT2D eigenvalue weighted by Crippen LogP contribution is -2.46. The molecule has 9 aliphatic rings. The smallest absolute Gasteiger partial charge is 0.260 e. The van der Waals surface area contributed by atoms with Crippen LogP contribution >= 0.6 is 68.0 Å². The lowest BCUT2D eigenvalue weighted by molar-refractivity contribution is -0.00539. The quantitative estimate of drug-likeness (QED) is 0.0637. The summed E-state index contributed by atoms with van der Waals surface area (Å²) in [6, 6.07) is 7.24. The number of morpholine rings is 1. The third kappa shape index (κ3) is 18.9. The van der Waals surface area contributed by atoms with Crippen LogP contribution in [0.5, 0.6) is 5.75 Å². The number of ether oxygens (including phenoxy) is 2. The first kappa shape index (κ1) is 86.6. The Balaban J connectivity index is 0.000000105. The fourth-order valence-corrected chi connectivity index (χ4v) is 26.8. The number of fused-ring (bicyclic) bond motifs is 18. The molecule has 0 spiro atoms. The molecular weight excluding hydrogens is 1660 g/mol. The van der Waals surface area contributed by atoms with Crippen LogP contribution in [0.4, 0.5) is 34.9 Å². The molecule has 13 aromatic rings. The standard InChI is InChI=1S/C18H17N3O2S.C16H22N4S.C16H21N3OS.C14H19N3O2S.C14H19N3OS.C14H17N3S/c1-23-13-8-4-2-6-11(13)17(22)21-16-15-12-7-3-5-9-14(12)24-18(15)20-10-19-16;1-11-17-15(20-8-4-7-19(2)9-10-20)14-12-5-3-6-13(12)21-16(14)18-11;1-9-7-19(8-10(2)20-9)15-14-12-5-4-6-13(12)21-16(14)18-11(3)17-15;18-7-5-17(6-8-19)13-12-10-3-1-2-4-11(10)20-14(12)16-9-15-13;1-3-9(7-18)17-13-12-10-5-4-6-11(10)19-14(12)16-8(2)15-13;1-2-7-17(8-3-1)13-12-10-5-4-6-11(10)18-14(12)16-9-15-13/h2,4,6,8,10H,3,5,7,9H2,1H3,(H,19,20,21,22);3-10H2,1-2H3;9-10H,4-8H2,1-3H3;9,18-19H,1-8H2;9,18H,3-7H2,1-2H3,(H,15,16,17);9H,1-8H2. The number of aliphatic hydroxyl groups is 3. The number of aromatic nitrogens is 12. The Hall–Kier alpha value is -8.47. The lowest BCUT2D eigenvalue weighted by Gasteiger charge is -2.36. The summed E-state index contributed by atoms with van der Waals surface area (Å²) < 4.78 is 11.1. The second kappa shape index (κ2) is 39.6. The van der Waals surface area contributed by atoms with Crippen LogP contribution in [0.3, 0.4) is 0 Å². The molecule has 0 saturated carbocycles. The Morgan fingerprint density at radius 3 is 1.46 bits per heavy atom. The topological polar surface area (TPSA) is 291 Å². The molecule has 15 heterocycles. The molecule has 0 bridgehead atoms. The molecule has 0 radical (unpaired) electrons. The van der Waals surface area contributed by atoms with E-state index in [0.29, 0.717) is 30.2 Å². The van der Waals surface area contributed by atoms with Crippen LogP contribution < -0.4 is 35.0 Å². The number of aryl methyl sites for hydroxylation is 15. The van der Waals surface area contributed by atoms with Crippen molar-refractivity contribution in [2.45, 2.75) is 220 Å². The van der Waals surface area contributed by atoms with E-state index < -0.39 is 0 Å². The lowest BCUT2D eigenvalue weighted by atomic mass is 9.97. The maximum atomic E-state index is 12.7. The average molecular weight is 1780 g/mol. The number of methoxy groups -OCH3 is 1. The summed E-state index contributed by atoms with van der Waals surface area (Å²) in [7, 11) is 3.77. The van der Waals surface area contributed by atoms with Crippen LogP contribution in [0, 0.1) is 20.8 Å². The van der Waals surface area contributed by atoms with Gasteiger partial charge in [0.25, 0.3) is 5.91 Å². The van der Waals surface area contributed by atoms with Gasteiger partial charge in [0.05, 0.1) is 83.1 Å². The number of thiophene rings is 6. The number of hydrogen-bond donors (Lipinski definition) is 5. The number of piperidine rings is 1. The van der Waals surface area contributed by atoms with Crippen molar-refractivity contribution in [3.8, 4) is 5.75 Å². The van der Waals surface area contributed by atoms with Gasteiger partial charge in [0, 0.05) is 88.2 Å². The highest BCUT2D eigenvalue weighted by molar-refractivity contribution is 7.20. The number of para-hydroxylation sites is 1. The fourth-order valence-electron chi connectivity index (χ4n) is 19.2. The van der Waals surface area contributed by atoms with Gasteiger partial charge in [0.2, 0.25) is 0 Å². The van der Waals surface area contributed by atoms with Crippen molar-refractivity contribution < 1.29 is 29.6 Å². The Morgan fingerprint density at radius 2 is 0.911 bits per heavy atom. The molecule has 3 fully saturated rings. The summed E-state index contributed by atoms with van der Waals surface area (Å²) in [6.45, 7) is 22.2. The molecule has 1 amide bonds. The second-order valence-corrected chi connectivity index (χ2v) is 40.2. The van der Waals surface area contributed by atoms with Crippen LogP contribution in [0.15, 0.2) is 43.2 Å². The summed E-state index contributed by atoms with van der Waals surface area (Å²) in [6.07, 6.45) is 35.4. The molecule has 5 N–H and O–H groups in total. The number of rotatable bonds is 15. The van der Waals surface area contributed by atoms with Crippen LogP contribution in [0.1, 0.15) is 195 Å². The summed E-state index contributed by atoms with van der Waals surface area (Å²) in [5.74, 6) is 8.82. The van der Waals surface area contributed by atoms with Crippen molar-refractivity contribution in [2.75, 3.05) is 130 Å². The second-order valence-electron chi connectivity index (χ2n) is 33.7. The van der Waals surface area contributed by atoms with E-state index in [-0.39, 0.29) is 44.0 Å². The Morgan fingerprint density at radius 1 is 0.472 bits per heavy atom. The van der Waals surface area contributed by atoms with Gasteiger partial charge in [-0.3, -0.25) is 4.79 Å². The molecule has 3 aliphatic heterocycles. The molecule has 123 heavy (non-hydrogen) atoms. The highest BCUT2D eigenvalue weighted by Gasteiger charge is 2.33. The van der Waals surface area contributed by atoms with E-state index in [1.807, 2.05) is 71.8 Å². The maximum Gasteiger partial charge on any atom is 0.260 e. The fraction of sp³-hybridized carbons (Fsp3) is 0.533. The monoisotopic (exact) mass is 1770 g/mol. The normalized spacial score (nSPS) is 18.1. The minimum atomic E-state index is -0.219. The molecular formula is C92H115N19O6S6. The number of amides is 1. The van der Waals surface area contributed by atoms with Crippen molar-refractivity contribution in [1.82, 2.24) is 64.7 Å². The molecule has 31 heteroatoms. The zero-order chi connectivity index (χ0) is 84.8. The van der Waals surface area contributed by atoms with E-state index in [2.05, 4.69) is 103 Å². The molecule has 1 aromatic carbocycles. The number of anilines is 6. The van der Waals surface area contributed by atoms with Gasteiger partial charge in [-0.15, -0.1) is 68.0 Å². The number of nitrogens with one attached hydrogen (secondary N) is 2. The summed E-state index contributed by atoms with van der Waals surface area (Å²) in [4.78, 5) is 94.8. The molecule has 3 saturated heterocycles. The molecule has 3 atom stereocenters. The van der Waals surface area contributed by atoms with Crippen molar-refractivity contribution >= 4 is 170 Å². The first-order valence-electron chi connectivity index (χ1n) is 44.6. The van der Waals surface area contributed by atoms with E-state index in [9.17, 15) is 20.1 Å². The molecule has 22 rings (SSSR count). The minimum Gasteiger partial charge on any atom is -0.496 e. The van der Waals surface area contributed by atoms with Crippen molar-refractivity contribution in [2.24, 2.45) is 0 Å². The Kier molecular flexibility index (Phi) is 27.9. The predicted octanol–water partition coefficient (Wildman–Crippen LogP) is 16.8. The highest BCUT2D eigenvalue weighted by Crippen LogP contribution is 2.47. The number of hydrogen-bond acceptors (Lipinski definition) is 30. The van der Waals surface area contributed by atoms with E-state index in [0.717, 1.165) is 145 Å². The third-order valence-corrected chi connectivity index (χ3v) is 32.2. The molecule has 6 aliphatic carbocycles. The predicted molar refractivity (Wildman–Crippen MR) is 505 cm³/mol. The molecule has 12 aromatic heterocycles. The zero-order valence-electron chi connectivity index (χ0n) is 72.3.